The van der Waals surface area contributed by atoms with Gasteiger partial charge in [-0.2, -0.15) is 0 Å². The maximum atomic E-state index is 6.09. The first-order valence-electron chi connectivity index (χ1n) is 6.57. The highest BCUT2D eigenvalue weighted by Gasteiger charge is 2.13. The Morgan fingerprint density at radius 3 is 2.33 bits per heavy atom. The van der Waals surface area contributed by atoms with Gasteiger partial charge in [0.05, 0.1) is 18.7 Å². The summed E-state index contributed by atoms with van der Waals surface area (Å²) in [4.78, 5) is 5.85. The van der Waals surface area contributed by atoms with Crippen LogP contribution in [0.5, 0.6) is 5.75 Å². The topological polar surface area (TPSA) is 22.1 Å². The summed E-state index contributed by atoms with van der Waals surface area (Å²) < 4.78 is 5.19. The average molecular weight is 316 g/mol. The minimum Gasteiger partial charge on any atom is -0.497 e. The molecule has 1 heterocycles. The number of alkyl halides is 1. The SMILES string of the molecule is COc1ccc(-c2nc(-c3ccccc3)sc2CCl)cc1. The molecular weight excluding hydrogens is 302 g/mol. The van der Waals surface area contributed by atoms with Crippen molar-refractivity contribution >= 4 is 22.9 Å². The van der Waals surface area contributed by atoms with E-state index in [9.17, 15) is 0 Å². The van der Waals surface area contributed by atoms with Gasteiger partial charge in [-0.1, -0.05) is 30.3 Å². The lowest BCUT2D eigenvalue weighted by molar-refractivity contribution is 0.415. The van der Waals surface area contributed by atoms with Crippen LogP contribution >= 0.6 is 22.9 Å². The van der Waals surface area contributed by atoms with Crippen molar-refractivity contribution in [2.75, 3.05) is 7.11 Å². The molecule has 0 spiro atoms. The van der Waals surface area contributed by atoms with Gasteiger partial charge in [-0.05, 0) is 24.3 Å². The van der Waals surface area contributed by atoms with E-state index < -0.39 is 0 Å². The van der Waals surface area contributed by atoms with Crippen LogP contribution in [0.2, 0.25) is 0 Å². The van der Waals surface area contributed by atoms with Gasteiger partial charge >= 0.3 is 0 Å². The second-order valence-electron chi connectivity index (χ2n) is 4.52. The van der Waals surface area contributed by atoms with Gasteiger partial charge in [0.2, 0.25) is 0 Å². The Balaban J connectivity index is 2.03. The van der Waals surface area contributed by atoms with E-state index in [2.05, 4.69) is 12.1 Å². The van der Waals surface area contributed by atoms with Crippen molar-refractivity contribution in [1.82, 2.24) is 4.98 Å². The molecule has 0 saturated carbocycles. The number of hydrogen-bond donors (Lipinski definition) is 0. The molecule has 0 fully saturated rings. The van der Waals surface area contributed by atoms with Gasteiger partial charge in [-0.25, -0.2) is 4.98 Å². The largest absolute Gasteiger partial charge is 0.497 e. The lowest BCUT2D eigenvalue weighted by Crippen LogP contribution is -1.85. The van der Waals surface area contributed by atoms with E-state index >= 15 is 0 Å². The normalized spacial score (nSPS) is 10.6. The van der Waals surface area contributed by atoms with E-state index in [4.69, 9.17) is 21.3 Å². The summed E-state index contributed by atoms with van der Waals surface area (Å²) in [6.45, 7) is 0. The standard InChI is InChI=1S/C17H14ClNOS/c1-20-14-9-7-12(8-10-14)16-15(11-18)21-17(19-16)13-5-3-2-4-6-13/h2-10H,11H2,1H3. The fourth-order valence-corrected chi connectivity index (χ4v) is 3.35. The van der Waals surface area contributed by atoms with Crippen LogP contribution in [0.3, 0.4) is 0 Å². The molecule has 0 unspecified atom stereocenters. The van der Waals surface area contributed by atoms with Crippen molar-refractivity contribution in [2.45, 2.75) is 5.88 Å². The smallest absolute Gasteiger partial charge is 0.124 e. The summed E-state index contributed by atoms with van der Waals surface area (Å²) in [6, 6.07) is 18.1. The maximum Gasteiger partial charge on any atom is 0.124 e. The zero-order valence-electron chi connectivity index (χ0n) is 11.5. The van der Waals surface area contributed by atoms with Gasteiger partial charge in [0.15, 0.2) is 0 Å². The molecule has 2 aromatic carbocycles. The van der Waals surface area contributed by atoms with E-state index in [1.54, 1.807) is 18.4 Å². The highest BCUT2D eigenvalue weighted by molar-refractivity contribution is 7.15. The van der Waals surface area contributed by atoms with E-state index in [1.165, 1.54) is 0 Å². The van der Waals surface area contributed by atoms with Crippen LogP contribution in [0.4, 0.5) is 0 Å². The molecule has 0 atom stereocenters. The van der Waals surface area contributed by atoms with E-state index in [0.717, 1.165) is 32.5 Å². The molecule has 2 nitrogen and oxygen atoms in total. The van der Waals surface area contributed by atoms with Crippen molar-refractivity contribution < 1.29 is 4.74 Å². The summed E-state index contributed by atoms with van der Waals surface area (Å²) >= 11 is 7.73. The first-order valence-corrected chi connectivity index (χ1v) is 7.92. The molecule has 106 valence electrons. The van der Waals surface area contributed by atoms with E-state index in [1.807, 2.05) is 42.5 Å². The maximum absolute atomic E-state index is 6.09. The highest BCUT2D eigenvalue weighted by atomic mass is 35.5. The summed E-state index contributed by atoms with van der Waals surface area (Å²) in [6.07, 6.45) is 0. The molecule has 3 rings (SSSR count). The molecule has 1 aromatic heterocycles. The van der Waals surface area contributed by atoms with Gasteiger partial charge in [0.25, 0.3) is 0 Å². The minimum absolute atomic E-state index is 0.464. The Morgan fingerprint density at radius 1 is 1.00 bits per heavy atom. The molecule has 0 aliphatic carbocycles. The number of aromatic nitrogens is 1. The monoisotopic (exact) mass is 315 g/mol. The number of rotatable bonds is 4. The second-order valence-corrected chi connectivity index (χ2v) is 5.87. The summed E-state index contributed by atoms with van der Waals surface area (Å²) in [5.41, 5.74) is 3.13. The number of nitrogens with zero attached hydrogens (tertiary/aromatic N) is 1. The van der Waals surface area contributed by atoms with Crippen LogP contribution < -0.4 is 4.74 Å². The fraction of sp³-hybridized carbons (Fsp3) is 0.118. The van der Waals surface area contributed by atoms with Crippen LogP contribution in [0.15, 0.2) is 54.6 Å². The number of benzene rings is 2. The predicted octanol–water partition coefficient (Wildman–Crippen LogP) is 5.22. The van der Waals surface area contributed by atoms with E-state index in [0.29, 0.717) is 5.88 Å². The van der Waals surface area contributed by atoms with Gasteiger partial charge < -0.3 is 4.74 Å². The summed E-state index contributed by atoms with van der Waals surface area (Å²) in [5.74, 6) is 1.30. The third kappa shape index (κ3) is 2.94. The molecule has 3 aromatic rings. The second kappa shape index (κ2) is 6.29. The molecule has 0 aliphatic rings. The van der Waals surface area contributed by atoms with Crippen LogP contribution in [0.1, 0.15) is 4.88 Å². The van der Waals surface area contributed by atoms with Crippen molar-refractivity contribution in [3.05, 3.63) is 59.5 Å². The number of ether oxygens (including phenoxy) is 1. The minimum atomic E-state index is 0.464. The van der Waals surface area contributed by atoms with Gasteiger partial charge in [-0.3, -0.25) is 0 Å². The van der Waals surface area contributed by atoms with Crippen LogP contribution in [-0.2, 0) is 5.88 Å². The molecule has 0 radical (unpaired) electrons. The Hall–Kier alpha value is -1.84. The Kier molecular flexibility index (Phi) is 4.23. The predicted molar refractivity (Wildman–Crippen MR) is 89.1 cm³/mol. The van der Waals surface area contributed by atoms with Gasteiger partial charge in [0.1, 0.15) is 10.8 Å². The zero-order chi connectivity index (χ0) is 14.7. The Morgan fingerprint density at radius 2 is 1.71 bits per heavy atom. The number of methoxy groups -OCH3 is 1. The Labute approximate surface area is 133 Å². The van der Waals surface area contributed by atoms with Crippen LogP contribution in [0.25, 0.3) is 21.8 Å². The number of hydrogen-bond acceptors (Lipinski definition) is 3. The van der Waals surface area contributed by atoms with Crippen LogP contribution in [-0.4, -0.2) is 12.1 Å². The van der Waals surface area contributed by atoms with Crippen molar-refractivity contribution in [1.29, 1.82) is 0 Å². The first-order chi connectivity index (χ1) is 10.3. The average Bonchev–Trinajstić information content (AvgIpc) is 3.00. The first kappa shape index (κ1) is 14.1. The fourth-order valence-electron chi connectivity index (χ4n) is 2.12. The van der Waals surface area contributed by atoms with Crippen molar-refractivity contribution in [3.8, 4) is 27.6 Å². The molecule has 0 aliphatic heterocycles. The quantitative estimate of drug-likeness (QED) is 0.615. The third-order valence-electron chi connectivity index (χ3n) is 3.20. The van der Waals surface area contributed by atoms with Gasteiger partial charge in [0, 0.05) is 16.0 Å². The molecule has 0 amide bonds. The zero-order valence-corrected chi connectivity index (χ0v) is 13.1. The molecule has 0 saturated heterocycles. The van der Waals surface area contributed by atoms with Crippen molar-refractivity contribution in [3.63, 3.8) is 0 Å². The summed E-state index contributed by atoms with van der Waals surface area (Å²) in [5, 5.41) is 0.997. The molecule has 4 heteroatoms. The van der Waals surface area contributed by atoms with Crippen LogP contribution in [0, 0.1) is 0 Å². The van der Waals surface area contributed by atoms with E-state index in [-0.39, 0.29) is 0 Å². The highest BCUT2D eigenvalue weighted by Crippen LogP contribution is 2.35. The number of halogens is 1. The lowest BCUT2D eigenvalue weighted by Gasteiger charge is -2.02. The molecule has 21 heavy (non-hydrogen) atoms. The van der Waals surface area contributed by atoms with Gasteiger partial charge in [-0.15, -0.1) is 22.9 Å². The van der Waals surface area contributed by atoms with Crippen molar-refractivity contribution in [2.24, 2.45) is 0 Å². The molecule has 0 bridgehead atoms. The Bertz CT molecular complexity index is 722. The molecular formula is C17H14ClNOS. The molecule has 0 N–H and O–H groups in total. The third-order valence-corrected chi connectivity index (χ3v) is 4.73. The number of thiazole rings is 1. The summed E-state index contributed by atoms with van der Waals surface area (Å²) in [7, 11) is 1.66. The lowest BCUT2D eigenvalue weighted by atomic mass is 10.1.